The number of aliphatic hydroxyl groups excluding tert-OH is 1. The van der Waals surface area contributed by atoms with Crippen LogP contribution in [0.25, 0.3) is 0 Å². The van der Waals surface area contributed by atoms with Gasteiger partial charge in [-0.3, -0.25) is 4.90 Å². The van der Waals surface area contributed by atoms with Crippen molar-refractivity contribution in [3.8, 4) is 5.75 Å². The highest BCUT2D eigenvalue weighted by Gasteiger charge is 2.32. The monoisotopic (exact) mass is 261 g/mol. The molecular formula is C16H23NO2. The van der Waals surface area contributed by atoms with Crippen molar-refractivity contribution in [1.29, 1.82) is 0 Å². The van der Waals surface area contributed by atoms with Gasteiger partial charge in [0.05, 0.1) is 0 Å². The number of nitrogens with zero attached hydrogens (tertiary/aromatic N) is 1. The molecule has 3 nitrogen and oxygen atoms in total. The average molecular weight is 261 g/mol. The second-order valence-electron chi connectivity index (χ2n) is 6.52. The molecule has 0 radical (unpaired) electrons. The lowest BCUT2D eigenvalue weighted by Gasteiger charge is -2.20. The van der Waals surface area contributed by atoms with Crippen LogP contribution in [0.15, 0.2) is 18.2 Å². The lowest BCUT2D eigenvalue weighted by atomic mass is 10.0. The smallest absolute Gasteiger partial charge is 0.127 e. The van der Waals surface area contributed by atoms with E-state index in [1.54, 1.807) is 0 Å². The zero-order valence-corrected chi connectivity index (χ0v) is 11.9. The molecule has 2 heterocycles. The van der Waals surface area contributed by atoms with Gasteiger partial charge in [-0.1, -0.05) is 18.2 Å². The number of ether oxygens (including phenoxy) is 1. The molecule has 3 rings (SSSR count). The Morgan fingerprint density at radius 2 is 2.26 bits per heavy atom. The third kappa shape index (κ3) is 2.63. The average Bonchev–Trinajstić information content (AvgIpc) is 2.92. The first kappa shape index (κ1) is 12.9. The molecule has 0 spiro atoms. The summed E-state index contributed by atoms with van der Waals surface area (Å²) in [6.45, 7) is 7.63. The Hall–Kier alpha value is -1.06. The van der Waals surface area contributed by atoms with Crippen LogP contribution in [0.2, 0.25) is 0 Å². The fraction of sp³-hybridized carbons (Fsp3) is 0.625. The summed E-state index contributed by atoms with van der Waals surface area (Å²) in [6.07, 6.45) is 2.10. The van der Waals surface area contributed by atoms with Crippen molar-refractivity contribution in [1.82, 2.24) is 4.90 Å². The van der Waals surface area contributed by atoms with E-state index < -0.39 is 0 Å². The van der Waals surface area contributed by atoms with Crippen molar-refractivity contribution < 1.29 is 9.84 Å². The van der Waals surface area contributed by atoms with Crippen LogP contribution >= 0.6 is 0 Å². The second-order valence-corrected chi connectivity index (χ2v) is 6.52. The normalized spacial score (nSPS) is 25.3. The topological polar surface area (TPSA) is 32.7 Å². The van der Waals surface area contributed by atoms with E-state index in [9.17, 15) is 5.11 Å². The van der Waals surface area contributed by atoms with Crippen LogP contribution in [0.4, 0.5) is 0 Å². The van der Waals surface area contributed by atoms with Gasteiger partial charge in [0, 0.05) is 31.7 Å². The first-order chi connectivity index (χ1) is 9.07. The van der Waals surface area contributed by atoms with Crippen LogP contribution in [0.1, 0.15) is 31.4 Å². The maximum atomic E-state index is 9.22. The van der Waals surface area contributed by atoms with Gasteiger partial charge >= 0.3 is 0 Å². The number of fused-ring (bicyclic) bond motifs is 1. The van der Waals surface area contributed by atoms with Gasteiger partial charge in [0.1, 0.15) is 11.4 Å². The Morgan fingerprint density at radius 1 is 1.42 bits per heavy atom. The first-order valence-corrected chi connectivity index (χ1v) is 7.20. The van der Waals surface area contributed by atoms with Gasteiger partial charge in [-0.05, 0) is 38.3 Å². The van der Waals surface area contributed by atoms with Crippen molar-refractivity contribution in [2.45, 2.75) is 38.8 Å². The molecule has 2 aliphatic heterocycles. The Bertz CT molecular complexity index is 470. The maximum Gasteiger partial charge on any atom is 0.127 e. The van der Waals surface area contributed by atoms with Gasteiger partial charge in [0.25, 0.3) is 0 Å². The number of rotatable bonds is 3. The van der Waals surface area contributed by atoms with Crippen LogP contribution < -0.4 is 4.74 Å². The molecule has 19 heavy (non-hydrogen) atoms. The van der Waals surface area contributed by atoms with Gasteiger partial charge in [-0.15, -0.1) is 0 Å². The van der Waals surface area contributed by atoms with Gasteiger partial charge in [-0.25, -0.2) is 0 Å². The van der Waals surface area contributed by atoms with Gasteiger partial charge < -0.3 is 9.84 Å². The molecular weight excluding hydrogens is 238 g/mol. The van der Waals surface area contributed by atoms with Crippen molar-refractivity contribution in [2.24, 2.45) is 5.92 Å². The van der Waals surface area contributed by atoms with E-state index in [0.29, 0.717) is 12.5 Å². The van der Waals surface area contributed by atoms with Crippen LogP contribution in [-0.4, -0.2) is 35.3 Å². The molecule has 1 saturated heterocycles. The van der Waals surface area contributed by atoms with Crippen molar-refractivity contribution in [3.63, 3.8) is 0 Å². The number of aliphatic hydroxyl groups is 1. The lowest BCUT2D eigenvalue weighted by Crippen LogP contribution is -2.25. The lowest BCUT2D eigenvalue weighted by molar-refractivity contribution is 0.135. The fourth-order valence-corrected chi connectivity index (χ4v) is 3.25. The highest BCUT2D eigenvalue weighted by molar-refractivity contribution is 5.45. The highest BCUT2D eigenvalue weighted by Crippen LogP contribution is 2.38. The largest absolute Gasteiger partial charge is 0.487 e. The summed E-state index contributed by atoms with van der Waals surface area (Å²) in [7, 11) is 0. The van der Waals surface area contributed by atoms with Crippen LogP contribution in [0.3, 0.4) is 0 Å². The van der Waals surface area contributed by atoms with E-state index in [2.05, 4.69) is 36.9 Å². The minimum Gasteiger partial charge on any atom is -0.487 e. The number of likely N-dealkylation sites (tertiary alicyclic amines) is 1. The maximum absolute atomic E-state index is 9.22. The minimum atomic E-state index is -0.0723. The van der Waals surface area contributed by atoms with Crippen molar-refractivity contribution in [2.75, 3.05) is 19.7 Å². The molecule has 0 saturated carbocycles. The SMILES string of the molecule is CC1(C)Cc2cccc(CN3CCC(CO)C3)c2O1. The highest BCUT2D eigenvalue weighted by atomic mass is 16.5. The molecule has 1 aromatic rings. The van der Waals surface area contributed by atoms with E-state index in [4.69, 9.17) is 4.74 Å². The molecule has 0 aliphatic carbocycles. The Kier molecular flexibility index (Phi) is 3.27. The standard InChI is InChI=1S/C16H23NO2/c1-16(2)8-13-4-3-5-14(15(13)19-16)10-17-7-6-12(9-17)11-18/h3-5,12,18H,6-11H2,1-2H3. The predicted molar refractivity (Wildman–Crippen MR) is 75.3 cm³/mol. The van der Waals surface area contributed by atoms with Crippen LogP contribution in [0, 0.1) is 5.92 Å². The Morgan fingerprint density at radius 3 is 3.00 bits per heavy atom. The van der Waals surface area contributed by atoms with Gasteiger partial charge in [0.2, 0.25) is 0 Å². The number of para-hydroxylation sites is 1. The van der Waals surface area contributed by atoms with E-state index in [-0.39, 0.29) is 5.60 Å². The number of hydrogen-bond acceptors (Lipinski definition) is 3. The van der Waals surface area contributed by atoms with E-state index in [1.807, 2.05) is 0 Å². The molecule has 3 heteroatoms. The molecule has 1 fully saturated rings. The zero-order valence-electron chi connectivity index (χ0n) is 11.9. The van der Waals surface area contributed by atoms with E-state index >= 15 is 0 Å². The fourth-order valence-electron chi connectivity index (χ4n) is 3.25. The molecule has 1 unspecified atom stereocenters. The van der Waals surface area contributed by atoms with Crippen molar-refractivity contribution in [3.05, 3.63) is 29.3 Å². The molecule has 104 valence electrons. The summed E-state index contributed by atoms with van der Waals surface area (Å²) in [5.74, 6) is 1.55. The Labute approximate surface area is 115 Å². The predicted octanol–water partition coefficient (Wildman–Crippen LogP) is 2.21. The summed E-state index contributed by atoms with van der Waals surface area (Å²) in [5.41, 5.74) is 2.55. The molecule has 1 atom stereocenters. The number of benzene rings is 1. The molecule has 0 amide bonds. The molecule has 2 aliphatic rings. The Balaban J connectivity index is 1.75. The summed E-state index contributed by atoms with van der Waals surface area (Å²) in [4.78, 5) is 2.42. The molecule has 0 aromatic heterocycles. The van der Waals surface area contributed by atoms with Crippen molar-refractivity contribution >= 4 is 0 Å². The molecule has 1 aromatic carbocycles. The third-order valence-corrected chi connectivity index (χ3v) is 4.19. The third-order valence-electron chi connectivity index (χ3n) is 4.19. The minimum absolute atomic E-state index is 0.0723. The quantitative estimate of drug-likeness (QED) is 0.905. The first-order valence-electron chi connectivity index (χ1n) is 7.20. The molecule has 0 bridgehead atoms. The van der Waals surface area contributed by atoms with E-state index in [0.717, 1.165) is 38.2 Å². The summed E-state index contributed by atoms with van der Waals surface area (Å²) >= 11 is 0. The van der Waals surface area contributed by atoms with E-state index in [1.165, 1.54) is 11.1 Å². The second kappa shape index (κ2) is 4.80. The van der Waals surface area contributed by atoms with Gasteiger partial charge in [0.15, 0.2) is 0 Å². The van der Waals surface area contributed by atoms with Crippen LogP contribution in [0.5, 0.6) is 5.75 Å². The summed E-state index contributed by atoms with van der Waals surface area (Å²) in [6, 6.07) is 6.49. The van der Waals surface area contributed by atoms with Gasteiger partial charge in [-0.2, -0.15) is 0 Å². The summed E-state index contributed by atoms with van der Waals surface area (Å²) < 4.78 is 6.11. The summed E-state index contributed by atoms with van der Waals surface area (Å²) in [5, 5.41) is 9.22. The number of hydrogen-bond donors (Lipinski definition) is 1. The zero-order chi connectivity index (χ0) is 13.5. The van der Waals surface area contributed by atoms with Crippen LogP contribution in [-0.2, 0) is 13.0 Å². The molecule has 1 N–H and O–H groups in total.